The quantitative estimate of drug-likeness (QED) is 0.554. The summed E-state index contributed by atoms with van der Waals surface area (Å²) in [5.74, 6) is 1.81. The third-order valence-electron chi connectivity index (χ3n) is 5.03. The van der Waals surface area contributed by atoms with Gasteiger partial charge in [-0.1, -0.05) is 13.8 Å². The second kappa shape index (κ2) is 8.37. The number of carbonyl (C=O) groups excluding carboxylic acids is 1. The Bertz CT molecular complexity index is 1090. The van der Waals surface area contributed by atoms with Crippen LogP contribution < -0.4 is 9.47 Å². The van der Waals surface area contributed by atoms with Crippen molar-refractivity contribution in [3.8, 4) is 34.5 Å². The highest BCUT2D eigenvalue weighted by Gasteiger charge is 2.27. The van der Waals surface area contributed by atoms with Crippen LogP contribution in [0.15, 0.2) is 24.8 Å². The van der Waals surface area contributed by atoms with Gasteiger partial charge in [-0.05, 0) is 13.8 Å². The number of pyridine rings is 1. The van der Waals surface area contributed by atoms with Crippen LogP contribution >= 0.6 is 0 Å². The predicted molar refractivity (Wildman–Crippen MR) is 112 cm³/mol. The van der Waals surface area contributed by atoms with Crippen LogP contribution in [0.2, 0.25) is 0 Å². The molecule has 0 radical (unpaired) electrons. The van der Waals surface area contributed by atoms with Gasteiger partial charge in [0.05, 0.1) is 19.2 Å². The minimum absolute atomic E-state index is 0.0752. The van der Waals surface area contributed by atoms with Crippen molar-refractivity contribution in [1.82, 2.24) is 29.3 Å². The van der Waals surface area contributed by atoms with E-state index in [1.807, 2.05) is 43.1 Å². The van der Waals surface area contributed by atoms with Gasteiger partial charge >= 0.3 is 5.97 Å². The van der Waals surface area contributed by atoms with Crippen LogP contribution in [0.4, 0.5) is 0 Å². The number of imidazole rings is 1. The van der Waals surface area contributed by atoms with E-state index in [0.29, 0.717) is 30.6 Å². The Hall–Kier alpha value is -3.43. The van der Waals surface area contributed by atoms with E-state index < -0.39 is 12.1 Å². The minimum atomic E-state index is -0.752. The molecule has 0 saturated heterocycles. The van der Waals surface area contributed by atoms with Crippen molar-refractivity contribution in [3.05, 3.63) is 24.8 Å². The normalized spacial score (nSPS) is 13.9. The molecule has 1 aliphatic rings. The fraction of sp³-hybridized carbons (Fsp3) is 0.476. The summed E-state index contributed by atoms with van der Waals surface area (Å²) in [7, 11) is 1.34. The molecule has 0 aromatic carbocycles. The van der Waals surface area contributed by atoms with E-state index in [-0.39, 0.29) is 12.0 Å². The summed E-state index contributed by atoms with van der Waals surface area (Å²) in [6, 6.07) is 1.86. The van der Waals surface area contributed by atoms with Gasteiger partial charge in [0.15, 0.2) is 11.9 Å². The highest BCUT2D eigenvalue weighted by Crippen LogP contribution is 2.35. The van der Waals surface area contributed by atoms with Crippen LogP contribution in [0.25, 0.3) is 22.9 Å². The van der Waals surface area contributed by atoms with Crippen LogP contribution in [0.3, 0.4) is 0 Å². The number of hydrogen-bond acceptors (Lipinski definition) is 8. The number of fused-ring (bicyclic) bond motifs is 3. The molecule has 0 bridgehead atoms. The standard InChI is InChI=1S/C21H26N6O4/c1-12(2)18(21(28)29-5)31-17-8-16-14(9-22-17)19-25-15(10-26(19)6-7-30-16)20-23-11-24-27(20)13(3)4/h8-13,18H,6-7H2,1-5H3. The summed E-state index contributed by atoms with van der Waals surface area (Å²) >= 11 is 0. The molecule has 0 amide bonds. The third-order valence-corrected chi connectivity index (χ3v) is 5.03. The van der Waals surface area contributed by atoms with E-state index in [4.69, 9.17) is 19.2 Å². The zero-order valence-corrected chi connectivity index (χ0v) is 18.3. The number of hydrogen-bond donors (Lipinski definition) is 0. The highest BCUT2D eigenvalue weighted by atomic mass is 16.6. The average molecular weight is 426 g/mol. The molecule has 0 aliphatic carbocycles. The first-order valence-electron chi connectivity index (χ1n) is 10.2. The molecule has 0 fully saturated rings. The van der Waals surface area contributed by atoms with Crippen molar-refractivity contribution in [2.24, 2.45) is 5.92 Å². The number of methoxy groups -OCH3 is 1. The van der Waals surface area contributed by atoms with Gasteiger partial charge in [-0.25, -0.2) is 24.4 Å². The Morgan fingerprint density at radius 3 is 2.71 bits per heavy atom. The average Bonchev–Trinajstić information content (AvgIpc) is 3.35. The first-order valence-corrected chi connectivity index (χ1v) is 10.2. The molecular weight excluding hydrogens is 400 g/mol. The van der Waals surface area contributed by atoms with Crippen LogP contribution in [-0.2, 0) is 16.1 Å². The van der Waals surface area contributed by atoms with Crippen molar-refractivity contribution >= 4 is 5.97 Å². The number of esters is 1. The largest absolute Gasteiger partial charge is 0.491 e. The zero-order chi connectivity index (χ0) is 22.1. The molecule has 0 N–H and O–H groups in total. The van der Waals surface area contributed by atoms with Crippen LogP contribution in [0.1, 0.15) is 33.7 Å². The van der Waals surface area contributed by atoms with Crippen LogP contribution in [0.5, 0.6) is 11.6 Å². The van der Waals surface area contributed by atoms with E-state index in [9.17, 15) is 4.79 Å². The SMILES string of the molecule is COC(=O)C(Oc1cc2c(cn1)-c1nc(-c3ncnn3C(C)C)cn1CCO2)C(C)C. The fourth-order valence-corrected chi connectivity index (χ4v) is 3.45. The van der Waals surface area contributed by atoms with E-state index in [2.05, 4.69) is 15.1 Å². The lowest BCUT2D eigenvalue weighted by atomic mass is 10.1. The highest BCUT2D eigenvalue weighted by molar-refractivity contribution is 5.75. The molecule has 1 unspecified atom stereocenters. The number of carbonyl (C=O) groups is 1. The molecule has 1 aliphatic heterocycles. The lowest BCUT2D eigenvalue weighted by Gasteiger charge is -2.19. The van der Waals surface area contributed by atoms with E-state index in [1.54, 1.807) is 12.3 Å². The third kappa shape index (κ3) is 3.97. The smallest absolute Gasteiger partial charge is 0.347 e. The second-order valence-electron chi connectivity index (χ2n) is 7.94. The molecule has 10 nitrogen and oxygen atoms in total. The van der Waals surface area contributed by atoms with Crippen LogP contribution in [-0.4, -0.2) is 55.1 Å². The lowest BCUT2D eigenvalue weighted by Crippen LogP contribution is -2.33. The maximum absolute atomic E-state index is 12.0. The van der Waals surface area contributed by atoms with Crippen LogP contribution in [0, 0.1) is 5.92 Å². The Morgan fingerprint density at radius 1 is 1.19 bits per heavy atom. The Morgan fingerprint density at radius 2 is 2.00 bits per heavy atom. The lowest BCUT2D eigenvalue weighted by molar-refractivity contribution is -0.151. The van der Waals surface area contributed by atoms with Crippen molar-refractivity contribution in [2.45, 2.75) is 46.4 Å². The summed E-state index contributed by atoms with van der Waals surface area (Å²) in [6.07, 6.45) is 4.39. The molecule has 3 aromatic heterocycles. The van der Waals surface area contributed by atoms with Gasteiger partial charge in [0.2, 0.25) is 5.88 Å². The monoisotopic (exact) mass is 426 g/mol. The Balaban J connectivity index is 1.68. The number of aromatic nitrogens is 6. The van der Waals surface area contributed by atoms with Gasteiger partial charge in [-0.3, -0.25) is 0 Å². The van der Waals surface area contributed by atoms with Crippen molar-refractivity contribution < 1.29 is 19.0 Å². The van der Waals surface area contributed by atoms with Gasteiger partial charge in [0.25, 0.3) is 0 Å². The molecule has 0 spiro atoms. The van der Waals surface area contributed by atoms with Crippen molar-refractivity contribution in [3.63, 3.8) is 0 Å². The summed E-state index contributed by atoms with van der Waals surface area (Å²) in [6.45, 7) is 8.95. The Kier molecular flexibility index (Phi) is 5.62. The topological polar surface area (TPSA) is 106 Å². The predicted octanol–water partition coefficient (Wildman–Crippen LogP) is 2.75. The molecule has 31 heavy (non-hydrogen) atoms. The van der Waals surface area contributed by atoms with Gasteiger partial charge in [0.1, 0.15) is 30.2 Å². The van der Waals surface area contributed by atoms with E-state index in [0.717, 1.165) is 17.1 Å². The summed E-state index contributed by atoms with van der Waals surface area (Å²) < 4.78 is 20.4. The molecule has 0 saturated carbocycles. The van der Waals surface area contributed by atoms with Crippen molar-refractivity contribution in [2.75, 3.05) is 13.7 Å². The zero-order valence-electron chi connectivity index (χ0n) is 18.3. The first kappa shape index (κ1) is 20.8. The summed E-state index contributed by atoms with van der Waals surface area (Å²) in [5, 5.41) is 4.30. The Labute approximate surface area is 180 Å². The van der Waals surface area contributed by atoms with Gasteiger partial charge < -0.3 is 18.8 Å². The number of ether oxygens (including phenoxy) is 3. The first-order chi connectivity index (χ1) is 14.9. The van der Waals surface area contributed by atoms with Gasteiger partial charge in [-0.2, -0.15) is 5.10 Å². The molecular formula is C21H26N6O4. The van der Waals surface area contributed by atoms with E-state index >= 15 is 0 Å². The van der Waals surface area contributed by atoms with Gasteiger partial charge in [-0.15, -0.1) is 0 Å². The maximum atomic E-state index is 12.0. The number of nitrogens with zero attached hydrogens (tertiary/aromatic N) is 6. The molecule has 4 rings (SSSR count). The van der Waals surface area contributed by atoms with Crippen molar-refractivity contribution in [1.29, 1.82) is 0 Å². The molecule has 3 aromatic rings. The van der Waals surface area contributed by atoms with E-state index in [1.165, 1.54) is 13.4 Å². The fourth-order valence-electron chi connectivity index (χ4n) is 3.45. The molecule has 4 heterocycles. The second-order valence-corrected chi connectivity index (χ2v) is 7.94. The number of rotatable bonds is 6. The molecule has 1 atom stereocenters. The maximum Gasteiger partial charge on any atom is 0.347 e. The summed E-state index contributed by atoms with van der Waals surface area (Å²) in [4.78, 5) is 25.6. The molecule has 164 valence electrons. The summed E-state index contributed by atoms with van der Waals surface area (Å²) in [5.41, 5.74) is 1.48. The molecule has 10 heteroatoms. The van der Waals surface area contributed by atoms with Gasteiger partial charge in [0, 0.05) is 30.4 Å². The minimum Gasteiger partial charge on any atom is -0.491 e.